The number of imidazole rings is 1. The molecule has 0 bridgehead atoms. The summed E-state index contributed by atoms with van der Waals surface area (Å²) in [5, 5.41) is 11.6. The molecule has 1 atom stereocenters. The van der Waals surface area contributed by atoms with Crippen molar-refractivity contribution in [2.24, 2.45) is 5.73 Å². The molecular weight excluding hydrogens is 292 g/mol. The molecule has 0 saturated heterocycles. The number of Topliss-reactive ketones (excluding diaryl/α,β-unsaturated/α-hetero) is 2. The number of aromatic amines is 1. The van der Waals surface area contributed by atoms with Crippen molar-refractivity contribution in [2.75, 3.05) is 5.32 Å². The van der Waals surface area contributed by atoms with Crippen molar-refractivity contribution < 1.29 is 14.7 Å². The van der Waals surface area contributed by atoms with Gasteiger partial charge in [0.25, 0.3) is 0 Å². The van der Waals surface area contributed by atoms with Gasteiger partial charge in [0.1, 0.15) is 11.3 Å². The molecule has 1 heterocycles. The molecule has 21 heavy (non-hydrogen) atoms. The number of rotatable bonds is 6. The number of carbonyl (C=O) groups is 2. The zero-order chi connectivity index (χ0) is 15.6. The molecule has 2 aromatic rings. The molecular formula is C13H16N4O3S. The highest BCUT2D eigenvalue weighted by Gasteiger charge is 2.13. The van der Waals surface area contributed by atoms with E-state index in [4.69, 9.17) is 10.8 Å². The molecule has 0 aliphatic carbocycles. The van der Waals surface area contributed by atoms with Gasteiger partial charge in [-0.2, -0.15) is 0 Å². The zero-order valence-electron chi connectivity index (χ0n) is 11.4. The number of fused-ring (bicyclic) bond motifs is 1. The molecule has 112 valence electrons. The van der Waals surface area contributed by atoms with E-state index < -0.39 is 6.35 Å². The van der Waals surface area contributed by atoms with Crippen molar-refractivity contribution in [1.82, 2.24) is 9.97 Å². The van der Waals surface area contributed by atoms with E-state index in [0.717, 1.165) is 0 Å². The van der Waals surface area contributed by atoms with Crippen LogP contribution in [-0.4, -0.2) is 33.0 Å². The molecule has 1 aromatic heterocycles. The summed E-state index contributed by atoms with van der Waals surface area (Å²) in [5.41, 5.74) is 6.82. The van der Waals surface area contributed by atoms with Crippen molar-refractivity contribution in [3.63, 3.8) is 0 Å². The molecule has 2 rings (SSSR count). The summed E-state index contributed by atoms with van der Waals surface area (Å²) in [7, 11) is 0. The molecule has 0 spiro atoms. The Labute approximate surface area is 126 Å². The topological polar surface area (TPSA) is 121 Å². The monoisotopic (exact) mass is 308 g/mol. The van der Waals surface area contributed by atoms with Gasteiger partial charge in [0.2, 0.25) is 5.95 Å². The van der Waals surface area contributed by atoms with Gasteiger partial charge in [-0.05, 0) is 19.1 Å². The van der Waals surface area contributed by atoms with Crippen LogP contribution >= 0.6 is 12.6 Å². The molecule has 5 N–H and O–H groups in total. The van der Waals surface area contributed by atoms with Gasteiger partial charge in [0, 0.05) is 23.3 Å². The van der Waals surface area contributed by atoms with E-state index in [2.05, 4.69) is 27.9 Å². The van der Waals surface area contributed by atoms with Gasteiger partial charge in [0.05, 0.1) is 5.52 Å². The van der Waals surface area contributed by atoms with E-state index in [9.17, 15) is 9.59 Å². The Balaban J connectivity index is 2.30. The Hall–Kier alpha value is -1.90. The number of H-pyrrole nitrogens is 1. The first-order chi connectivity index (χ1) is 9.86. The van der Waals surface area contributed by atoms with Crippen LogP contribution in [-0.2, 0) is 4.79 Å². The molecule has 0 radical (unpaired) electrons. The van der Waals surface area contributed by atoms with Crippen molar-refractivity contribution in [3.05, 3.63) is 17.7 Å². The maximum absolute atomic E-state index is 12.0. The Bertz CT molecular complexity index is 696. The van der Waals surface area contributed by atoms with Crippen LogP contribution in [0.4, 0.5) is 5.95 Å². The molecule has 1 unspecified atom stereocenters. The molecule has 0 aliphatic heterocycles. The average molecular weight is 308 g/mol. The number of hydrogen-bond acceptors (Lipinski definition) is 7. The van der Waals surface area contributed by atoms with Crippen molar-refractivity contribution in [3.8, 4) is 0 Å². The Morgan fingerprint density at radius 3 is 2.81 bits per heavy atom. The van der Waals surface area contributed by atoms with Gasteiger partial charge in [-0.1, -0.05) is 0 Å². The molecule has 0 amide bonds. The van der Waals surface area contributed by atoms with Gasteiger partial charge < -0.3 is 20.2 Å². The largest absolute Gasteiger partial charge is 0.361 e. The lowest BCUT2D eigenvalue weighted by atomic mass is 10.0. The minimum atomic E-state index is -1.24. The number of benzene rings is 1. The van der Waals surface area contributed by atoms with Crippen molar-refractivity contribution in [1.29, 1.82) is 0 Å². The number of nitrogens with one attached hydrogen (secondary N) is 2. The van der Waals surface area contributed by atoms with Crippen molar-refractivity contribution >= 4 is 41.2 Å². The summed E-state index contributed by atoms with van der Waals surface area (Å²) < 4.78 is 0. The molecule has 0 aliphatic rings. The number of aliphatic hydroxyl groups excluding tert-OH is 1. The summed E-state index contributed by atoms with van der Waals surface area (Å²) in [4.78, 5) is 30.6. The first kappa shape index (κ1) is 15.5. The van der Waals surface area contributed by atoms with Crippen LogP contribution in [0, 0.1) is 0 Å². The fourth-order valence-corrected chi connectivity index (χ4v) is 2.21. The SMILES string of the molecule is CC(=O)CCC(=O)c1cc(S)c2nc(NC(N)O)[nH]c2c1. The molecule has 1 aromatic carbocycles. The smallest absolute Gasteiger partial charge is 0.204 e. The van der Waals surface area contributed by atoms with E-state index in [1.54, 1.807) is 12.1 Å². The van der Waals surface area contributed by atoms with Crippen LogP contribution < -0.4 is 11.1 Å². The summed E-state index contributed by atoms with van der Waals surface area (Å²) in [6.45, 7) is 1.45. The van der Waals surface area contributed by atoms with E-state index in [0.29, 0.717) is 21.5 Å². The normalized spacial score (nSPS) is 12.4. The van der Waals surface area contributed by atoms with Gasteiger partial charge >= 0.3 is 0 Å². The minimum absolute atomic E-state index is 0.0273. The highest BCUT2D eigenvalue weighted by atomic mass is 32.1. The van der Waals surface area contributed by atoms with Gasteiger partial charge in [-0.3, -0.25) is 10.5 Å². The van der Waals surface area contributed by atoms with E-state index >= 15 is 0 Å². The summed E-state index contributed by atoms with van der Waals surface area (Å²) in [5.74, 6) is 0.120. The summed E-state index contributed by atoms with van der Waals surface area (Å²) >= 11 is 4.30. The van der Waals surface area contributed by atoms with E-state index in [-0.39, 0.29) is 30.4 Å². The zero-order valence-corrected chi connectivity index (χ0v) is 12.3. The Morgan fingerprint density at radius 1 is 1.48 bits per heavy atom. The van der Waals surface area contributed by atoms with Crippen molar-refractivity contribution in [2.45, 2.75) is 31.0 Å². The molecule has 7 nitrogen and oxygen atoms in total. The molecule has 8 heteroatoms. The van der Waals surface area contributed by atoms with Crippen LogP contribution in [0.2, 0.25) is 0 Å². The average Bonchev–Trinajstić information content (AvgIpc) is 2.77. The maximum atomic E-state index is 12.0. The third-order valence-corrected chi connectivity index (χ3v) is 3.22. The lowest BCUT2D eigenvalue weighted by Gasteiger charge is -2.03. The van der Waals surface area contributed by atoms with E-state index in [1.807, 2.05) is 0 Å². The second kappa shape index (κ2) is 6.25. The fourth-order valence-electron chi connectivity index (χ4n) is 1.90. The number of nitrogens with zero attached hydrogens (tertiary/aromatic N) is 1. The highest BCUT2D eigenvalue weighted by Crippen LogP contribution is 2.24. The third-order valence-electron chi connectivity index (χ3n) is 2.88. The second-order valence-corrected chi connectivity index (χ2v) is 5.17. The van der Waals surface area contributed by atoms with Crippen LogP contribution in [0.25, 0.3) is 11.0 Å². The van der Waals surface area contributed by atoms with Gasteiger partial charge in [-0.25, -0.2) is 4.98 Å². The molecule has 0 fully saturated rings. The standard InChI is InChI=1S/C13H16N4O3S/c1-6(18)2-3-9(19)7-4-8-11(10(21)5-7)16-13(15-8)17-12(14)20/h4-5,12,20-21H,2-3,14H2,1H3,(H2,15,16,17). The first-order valence-electron chi connectivity index (χ1n) is 6.32. The second-order valence-electron chi connectivity index (χ2n) is 4.69. The lowest BCUT2D eigenvalue weighted by Crippen LogP contribution is -2.29. The maximum Gasteiger partial charge on any atom is 0.204 e. The Morgan fingerprint density at radius 2 is 2.19 bits per heavy atom. The Kier molecular flexibility index (Phi) is 4.61. The van der Waals surface area contributed by atoms with Gasteiger partial charge in [0.15, 0.2) is 12.1 Å². The number of aliphatic hydroxyl groups is 1. The van der Waals surface area contributed by atoms with Crippen LogP contribution in [0.5, 0.6) is 0 Å². The van der Waals surface area contributed by atoms with E-state index in [1.165, 1.54) is 6.92 Å². The number of anilines is 1. The number of nitrogens with two attached hydrogens (primary N) is 1. The number of aromatic nitrogens is 2. The van der Waals surface area contributed by atoms with Gasteiger partial charge in [-0.15, -0.1) is 12.6 Å². The highest BCUT2D eigenvalue weighted by molar-refractivity contribution is 7.80. The number of thiol groups is 1. The first-order valence-corrected chi connectivity index (χ1v) is 6.77. The van der Waals surface area contributed by atoms with Crippen LogP contribution in [0.15, 0.2) is 17.0 Å². The molecule has 0 saturated carbocycles. The lowest BCUT2D eigenvalue weighted by molar-refractivity contribution is -0.116. The third kappa shape index (κ3) is 3.81. The fraction of sp³-hybridized carbons (Fsp3) is 0.308. The quantitative estimate of drug-likeness (QED) is 0.309. The van der Waals surface area contributed by atoms with Crippen LogP contribution in [0.3, 0.4) is 0 Å². The summed E-state index contributed by atoms with van der Waals surface area (Å²) in [6, 6.07) is 3.25. The van der Waals surface area contributed by atoms with Crippen LogP contribution in [0.1, 0.15) is 30.1 Å². The predicted molar refractivity (Wildman–Crippen MR) is 81.4 cm³/mol. The number of carbonyl (C=O) groups excluding carboxylic acids is 2. The summed E-state index contributed by atoms with van der Waals surface area (Å²) in [6.07, 6.45) is -0.867. The predicted octanol–water partition coefficient (Wildman–Crippen LogP) is 1.05. The number of hydrogen-bond donors (Lipinski definition) is 5. The minimum Gasteiger partial charge on any atom is -0.361 e. The number of ketones is 2.